The van der Waals surface area contributed by atoms with Crippen LogP contribution in [0.5, 0.6) is 0 Å². The third-order valence-corrected chi connectivity index (χ3v) is 6.88. The van der Waals surface area contributed by atoms with E-state index in [0.717, 1.165) is 5.56 Å². The number of aryl methyl sites for hydroxylation is 1. The summed E-state index contributed by atoms with van der Waals surface area (Å²) in [6.07, 6.45) is -0.268. The van der Waals surface area contributed by atoms with Crippen LogP contribution in [0.2, 0.25) is 5.02 Å². The van der Waals surface area contributed by atoms with Gasteiger partial charge < -0.3 is 5.32 Å². The Morgan fingerprint density at radius 2 is 1.71 bits per heavy atom. The van der Waals surface area contributed by atoms with E-state index in [2.05, 4.69) is 15.7 Å². The van der Waals surface area contributed by atoms with Crippen molar-refractivity contribution in [3.05, 3.63) is 101 Å². The van der Waals surface area contributed by atoms with Crippen LogP contribution in [-0.4, -0.2) is 30.1 Å². The fraction of sp³-hybridized carbons (Fsp3) is 0.0769. The molecular formula is C26H21ClN6O4S. The zero-order chi connectivity index (χ0) is 27.3. The molecule has 4 aromatic rings. The van der Waals surface area contributed by atoms with Crippen LogP contribution in [0.1, 0.15) is 16.8 Å². The summed E-state index contributed by atoms with van der Waals surface area (Å²) >= 11 is 5.81. The Morgan fingerprint density at radius 1 is 1.00 bits per heavy atom. The molecule has 3 aromatic carbocycles. The molecule has 0 aliphatic rings. The lowest BCUT2D eigenvalue weighted by molar-refractivity contribution is -0.115. The van der Waals surface area contributed by atoms with Gasteiger partial charge in [0.25, 0.3) is 10.0 Å². The van der Waals surface area contributed by atoms with Crippen LogP contribution in [0, 0.1) is 18.3 Å². The number of aromatic nitrogens is 2. The van der Waals surface area contributed by atoms with Crippen LogP contribution < -0.4 is 15.4 Å². The second-order valence-electron chi connectivity index (χ2n) is 8.14. The first-order valence-electron chi connectivity index (χ1n) is 11.2. The number of carbonyl (C=O) groups excluding carboxylic acids is 2. The fourth-order valence-corrected chi connectivity index (χ4v) is 4.62. The van der Waals surface area contributed by atoms with Gasteiger partial charge in [-0.3, -0.25) is 10.1 Å². The number of urea groups is 1. The predicted molar refractivity (Wildman–Crippen MR) is 143 cm³/mol. The van der Waals surface area contributed by atoms with Gasteiger partial charge in [-0.2, -0.15) is 10.4 Å². The highest BCUT2D eigenvalue weighted by atomic mass is 35.5. The van der Waals surface area contributed by atoms with Crippen molar-refractivity contribution in [2.75, 3.05) is 10.6 Å². The number of hydrogen-bond acceptors (Lipinski definition) is 6. The van der Waals surface area contributed by atoms with Crippen LogP contribution in [0.15, 0.2) is 83.8 Å². The molecule has 12 heteroatoms. The molecule has 4 rings (SSSR count). The minimum atomic E-state index is -4.24. The number of hydrogen-bond donors (Lipinski definition) is 3. The van der Waals surface area contributed by atoms with Gasteiger partial charge in [-0.05, 0) is 61.0 Å². The molecule has 0 aliphatic heterocycles. The molecule has 1 aromatic heterocycles. The summed E-state index contributed by atoms with van der Waals surface area (Å²) in [5.41, 5.74) is 2.02. The molecule has 0 radical (unpaired) electrons. The van der Waals surface area contributed by atoms with Gasteiger partial charge in [-0.1, -0.05) is 41.9 Å². The van der Waals surface area contributed by atoms with Gasteiger partial charge in [0.15, 0.2) is 5.82 Å². The molecule has 38 heavy (non-hydrogen) atoms. The maximum Gasteiger partial charge on any atom is 0.334 e. The summed E-state index contributed by atoms with van der Waals surface area (Å²) in [7, 11) is -4.24. The largest absolute Gasteiger partial charge is 0.334 e. The van der Waals surface area contributed by atoms with Gasteiger partial charge in [0.1, 0.15) is 11.6 Å². The lowest BCUT2D eigenvalue weighted by Gasteiger charge is -2.11. The standard InChI is InChI=1S/C26H21ClN6O4S/c1-17-6-5-7-19(14-17)29-24(34)15-23-22(16-28)25(33(31-23)20-8-3-2-4-9-20)30-26(35)32-38(36,37)21-12-10-18(27)11-13-21/h2-14H,15H2,1H3,(H,29,34)(H2,30,32,35). The topological polar surface area (TPSA) is 146 Å². The van der Waals surface area contributed by atoms with Gasteiger partial charge in [0, 0.05) is 10.7 Å². The zero-order valence-corrected chi connectivity index (χ0v) is 21.5. The van der Waals surface area contributed by atoms with Gasteiger partial charge in [-0.25, -0.2) is 22.6 Å². The molecule has 0 bridgehead atoms. The molecule has 10 nitrogen and oxygen atoms in total. The van der Waals surface area contributed by atoms with E-state index in [9.17, 15) is 23.3 Å². The lowest BCUT2D eigenvalue weighted by Crippen LogP contribution is -2.35. The molecule has 3 amide bonds. The normalized spacial score (nSPS) is 10.9. The summed E-state index contributed by atoms with van der Waals surface area (Å²) < 4.78 is 28.5. The van der Waals surface area contributed by atoms with Crippen molar-refractivity contribution in [2.45, 2.75) is 18.2 Å². The highest BCUT2D eigenvalue weighted by Crippen LogP contribution is 2.25. The first-order valence-corrected chi connectivity index (χ1v) is 13.1. The summed E-state index contributed by atoms with van der Waals surface area (Å²) in [6.45, 7) is 1.89. The third kappa shape index (κ3) is 6.18. The van der Waals surface area contributed by atoms with Crippen molar-refractivity contribution in [3.63, 3.8) is 0 Å². The number of nitrogens with one attached hydrogen (secondary N) is 3. The van der Waals surface area contributed by atoms with Crippen molar-refractivity contribution < 1.29 is 18.0 Å². The van der Waals surface area contributed by atoms with Gasteiger partial charge in [-0.15, -0.1) is 0 Å². The SMILES string of the molecule is Cc1cccc(NC(=O)Cc2nn(-c3ccccc3)c(NC(=O)NS(=O)(=O)c3ccc(Cl)cc3)c2C#N)c1. The van der Waals surface area contributed by atoms with E-state index in [4.69, 9.17) is 11.6 Å². The van der Waals surface area contributed by atoms with E-state index in [1.54, 1.807) is 48.5 Å². The molecule has 0 fully saturated rings. The minimum absolute atomic E-state index is 0.0905. The molecular weight excluding hydrogens is 528 g/mol. The summed E-state index contributed by atoms with van der Waals surface area (Å²) in [4.78, 5) is 25.3. The molecule has 192 valence electrons. The first-order chi connectivity index (χ1) is 18.2. The number of para-hydroxylation sites is 1. The number of benzene rings is 3. The van der Waals surface area contributed by atoms with Crippen molar-refractivity contribution in [1.29, 1.82) is 5.26 Å². The Morgan fingerprint density at radius 3 is 2.37 bits per heavy atom. The smallest absolute Gasteiger partial charge is 0.326 e. The quantitative estimate of drug-likeness (QED) is 0.312. The number of halogens is 1. The average molecular weight is 549 g/mol. The van der Waals surface area contributed by atoms with Crippen LogP contribution in [-0.2, 0) is 21.2 Å². The molecule has 3 N–H and O–H groups in total. The Balaban J connectivity index is 1.63. The van der Waals surface area contributed by atoms with Crippen LogP contribution in [0.3, 0.4) is 0 Å². The van der Waals surface area contributed by atoms with E-state index in [0.29, 0.717) is 16.4 Å². The van der Waals surface area contributed by atoms with E-state index < -0.39 is 22.0 Å². The minimum Gasteiger partial charge on any atom is -0.326 e. The number of nitrogens with zero attached hydrogens (tertiary/aromatic N) is 3. The Kier molecular flexibility index (Phi) is 7.76. The van der Waals surface area contributed by atoms with Gasteiger partial charge >= 0.3 is 6.03 Å². The van der Waals surface area contributed by atoms with Gasteiger partial charge in [0.05, 0.1) is 22.7 Å². The van der Waals surface area contributed by atoms with Crippen LogP contribution >= 0.6 is 11.6 Å². The number of anilines is 2. The van der Waals surface area contributed by atoms with E-state index >= 15 is 0 Å². The summed E-state index contributed by atoms with van der Waals surface area (Å²) in [5.74, 6) is -0.521. The molecule has 0 atom stereocenters. The monoisotopic (exact) mass is 548 g/mol. The zero-order valence-electron chi connectivity index (χ0n) is 20.0. The third-order valence-electron chi connectivity index (χ3n) is 5.28. The van der Waals surface area contributed by atoms with Crippen LogP contribution in [0.4, 0.5) is 16.3 Å². The van der Waals surface area contributed by atoms with Crippen molar-refractivity contribution in [2.24, 2.45) is 0 Å². The molecule has 1 heterocycles. The molecule has 0 saturated heterocycles. The van der Waals surface area contributed by atoms with Crippen molar-refractivity contribution in [3.8, 4) is 11.8 Å². The summed E-state index contributed by atoms with van der Waals surface area (Å²) in [5, 5.41) is 19.8. The Bertz CT molecular complexity index is 1650. The van der Waals surface area contributed by atoms with Crippen molar-refractivity contribution >= 4 is 45.1 Å². The molecule has 0 saturated carbocycles. The number of nitriles is 1. The second kappa shape index (κ2) is 11.2. The molecule has 0 spiro atoms. The van der Waals surface area contributed by atoms with E-state index in [-0.39, 0.29) is 28.4 Å². The maximum atomic E-state index is 12.8. The second-order valence-corrected chi connectivity index (χ2v) is 10.3. The summed E-state index contributed by atoms with van der Waals surface area (Å²) in [6, 6.07) is 21.9. The number of carbonyl (C=O) groups is 2. The Hall–Kier alpha value is -4.66. The molecule has 0 aliphatic carbocycles. The van der Waals surface area contributed by atoms with Crippen LogP contribution in [0.25, 0.3) is 5.69 Å². The van der Waals surface area contributed by atoms with E-state index in [1.165, 1.54) is 28.9 Å². The fourth-order valence-electron chi connectivity index (χ4n) is 3.58. The average Bonchev–Trinajstić information content (AvgIpc) is 3.20. The number of sulfonamides is 1. The number of amides is 3. The maximum absolute atomic E-state index is 12.8. The first kappa shape index (κ1) is 26.4. The molecule has 0 unspecified atom stereocenters. The highest BCUT2D eigenvalue weighted by Gasteiger charge is 2.25. The Labute approximate surface area is 223 Å². The predicted octanol–water partition coefficient (Wildman–Crippen LogP) is 4.40. The number of rotatable bonds is 7. The van der Waals surface area contributed by atoms with E-state index in [1.807, 2.05) is 23.8 Å². The van der Waals surface area contributed by atoms with Crippen molar-refractivity contribution in [1.82, 2.24) is 14.5 Å². The highest BCUT2D eigenvalue weighted by molar-refractivity contribution is 7.90. The van der Waals surface area contributed by atoms with Gasteiger partial charge in [0.2, 0.25) is 5.91 Å². The lowest BCUT2D eigenvalue weighted by atomic mass is 10.1.